The van der Waals surface area contributed by atoms with Crippen molar-refractivity contribution in [2.24, 2.45) is 0 Å². The predicted octanol–water partition coefficient (Wildman–Crippen LogP) is 5.28. The Hall–Kier alpha value is -4.21. The maximum atomic E-state index is 13.9. The van der Waals surface area contributed by atoms with E-state index >= 15 is 0 Å². The number of rotatable bonds is 9. The average molecular weight is 558 g/mol. The van der Waals surface area contributed by atoms with Crippen LogP contribution in [-0.2, 0) is 19.4 Å². The number of benzene rings is 2. The molecule has 3 N–H and O–H groups in total. The summed E-state index contributed by atoms with van der Waals surface area (Å²) in [6, 6.07) is 15.5. The van der Waals surface area contributed by atoms with E-state index in [1.165, 1.54) is 0 Å². The van der Waals surface area contributed by atoms with Crippen LogP contribution in [0.15, 0.2) is 60.1 Å². The number of thiophene rings is 1. The topological polar surface area (TPSA) is 97.7 Å². The number of fused-ring (bicyclic) bond motifs is 4. The zero-order valence-electron chi connectivity index (χ0n) is 22.6. The van der Waals surface area contributed by atoms with Crippen molar-refractivity contribution in [3.63, 3.8) is 0 Å². The third-order valence-electron chi connectivity index (χ3n) is 7.57. The molecule has 9 heteroatoms. The zero-order valence-corrected chi connectivity index (χ0v) is 23.4. The number of aromatic nitrogens is 2. The third kappa shape index (κ3) is 4.31. The summed E-state index contributed by atoms with van der Waals surface area (Å²) in [5.74, 6) is 1.47. The van der Waals surface area contributed by atoms with E-state index in [2.05, 4.69) is 14.9 Å². The lowest BCUT2D eigenvalue weighted by Crippen LogP contribution is -2.39. The first-order valence-corrected chi connectivity index (χ1v) is 14.0. The van der Waals surface area contributed by atoms with Crippen molar-refractivity contribution in [3.05, 3.63) is 76.8 Å². The van der Waals surface area contributed by atoms with Crippen LogP contribution < -0.4 is 19.5 Å². The summed E-state index contributed by atoms with van der Waals surface area (Å²) in [6.45, 7) is 0.515. The van der Waals surface area contributed by atoms with E-state index in [-0.39, 0.29) is 12.5 Å². The number of aryl methyl sites for hydroxylation is 1. The van der Waals surface area contributed by atoms with Crippen molar-refractivity contribution in [3.8, 4) is 39.1 Å². The Balaban J connectivity index is 1.41. The van der Waals surface area contributed by atoms with Crippen LogP contribution in [0.3, 0.4) is 0 Å². The Morgan fingerprint density at radius 1 is 1.10 bits per heavy atom. The SMILES string of the molecule is COc1cc2c(c(OC)c1OC)-c1cc(C(=O)NC(CO)Cc3c[nH]c4ccccc34)c(-c3cccs3)n1CC2. The van der Waals surface area contributed by atoms with Gasteiger partial charge in [-0.05, 0) is 53.6 Å². The summed E-state index contributed by atoms with van der Waals surface area (Å²) in [5, 5.41) is 16.4. The van der Waals surface area contributed by atoms with Crippen molar-refractivity contribution in [1.29, 1.82) is 0 Å². The van der Waals surface area contributed by atoms with Crippen LogP contribution >= 0.6 is 11.3 Å². The van der Waals surface area contributed by atoms with E-state index in [4.69, 9.17) is 14.2 Å². The molecule has 0 saturated carbocycles. The number of carbonyl (C=O) groups excluding carboxylic acids is 1. The lowest BCUT2D eigenvalue weighted by atomic mass is 9.96. The molecule has 8 nitrogen and oxygen atoms in total. The molecule has 0 fully saturated rings. The van der Waals surface area contributed by atoms with Gasteiger partial charge in [0.1, 0.15) is 0 Å². The lowest BCUT2D eigenvalue weighted by Gasteiger charge is -2.25. The highest BCUT2D eigenvalue weighted by molar-refractivity contribution is 7.13. The number of hydrogen-bond donors (Lipinski definition) is 3. The molecular weight excluding hydrogens is 526 g/mol. The molecule has 0 spiro atoms. The second kappa shape index (κ2) is 10.7. The van der Waals surface area contributed by atoms with Gasteiger partial charge in [0.05, 0.1) is 55.8 Å². The summed E-state index contributed by atoms with van der Waals surface area (Å²) < 4.78 is 19.3. The normalized spacial score (nSPS) is 13.0. The Morgan fingerprint density at radius 3 is 2.65 bits per heavy atom. The summed E-state index contributed by atoms with van der Waals surface area (Å²) in [5.41, 5.74) is 6.32. The van der Waals surface area contributed by atoms with Crippen molar-refractivity contribution >= 4 is 28.1 Å². The molecule has 40 heavy (non-hydrogen) atoms. The van der Waals surface area contributed by atoms with Crippen LogP contribution in [0.2, 0.25) is 0 Å². The quantitative estimate of drug-likeness (QED) is 0.229. The fourth-order valence-electron chi connectivity index (χ4n) is 5.75. The number of hydrogen-bond acceptors (Lipinski definition) is 6. The average Bonchev–Trinajstić information content (AvgIpc) is 3.74. The second-order valence-electron chi connectivity index (χ2n) is 9.77. The molecule has 0 saturated heterocycles. The first kappa shape index (κ1) is 26.0. The largest absolute Gasteiger partial charge is 0.493 e. The van der Waals surface area contributed by atoms with Gasteiger partial charge in [0.2, 0.25) is 5.75 Å². The van der Waals surface area contributed by atoms with Crippen LogP contribution in [0.25, 0.3) is 32.7 Å². The van der Waals surface area contributed by atoms with Gasteiger partial charge >= 0.3 is 0 Å². The third-order valence-corrected chi connectivity index (χ3v) is 8.44. The van der Waals surface area contributed by atoms with Gasteiger partial charge in [-0.25, -0.2) is 0 Å². The zero-order chi connectivity index (χ0) is 27.8. The van der Waals surface area contributed by atoms with Crippen molar-refractivity contribution < 1.29 is 24.1 Å². The Morgan fingerprint density at radius 2 is 1.93 bits per heavy atom. The Labute approximate surface area is 236 Å². The number of amides is 1. The number of aromatic amines is 1. The number of nitrogens with one attached hydrogen (secondary N) is 2. The number of H-pyrrole nitrogens is 1. The fourth-order valence-corrected chi connectivity index (χ4v) is 6.54. The molecule has 4 heterocycles. The highest BCUT2D eigenvalue weighted by Gasteiger charge is 2.32. The first-order chi connectivity index (χ1) is 19.6. The summed E-state index contributed by atoms with van der Waals surface area (Å²) in [7, 11) is 4.82. The number of carbonyl (C=O) groups is 1. The summed E-state index contributed by atoms with van der Waals surface area (Å²) in [6.07, 6.45) is 3.19. The molecule has 5 aromatic rings. The highest BCUT2D eigenvalue weighted by Crippen LogP contribution is 2.50. The smallest absolute Gasteiger partial charge is 0.253 e. The predicted molar refractivity (Wildman–Crippen MR) is 157 cm³/mol. The molecule has 2 aromatic carbocycles. The van der Waals surface area contributed by atoms with E-state index in [1.54, 1.807) is 32.7 Å². The minimum atomic E-state index is -0.453. The molecular formula is C31H31N3O5S. The van der Waals surface area contributed by atoms with E-state index < -0.39 is 6.04 Å². The highest BCUT2D eigenvalue weighted by atomic mass is 32.1. The fraction of sp³-hybridized carbons (Fsp3) is 0.258. The van der Waals surface area contributed by atoms with E-state index in [0.29, 0.717) is 35.8 Å². The number of aliphatic hydroxyl groups excluding tert-OH is 1. The van der Waals surface area contributed by atoms with Crippen LogP contribution in [0, 0.1) is 0 Å². The monoisotopic (exact) mass is 557 g/mol. The van der Waals surface area contributed by atoms with Gasteiger partial charge in [-0.15, -0.1) is 11.3 Å². The number of methoxy groups -OCH3 is 3. The number of para-hydroxylation sites is 1. The number of nitrogens with zero attached hydrogens (tertiary/aromatic N) is 1. The van der Waals surface area contributed by atoms with Crippen molar-refractivity contribution in [1.82, 2.24) is 14.9 Å². The number of ether oxygens (including phenoxy) is 3. The minimum Gasteiger partial charge on any atom is -0.493 e. The maximum absolute atomic E-state index is 13.9. The second-order valence-corrected chi connectivity index (χ2v) is 10.7. The lowest BCUT2D eigenvalue weighted by molar-refractivity contribution is 0.0917. The first-order valence-electron chi connectivity index (χ1n) is 13.1. The Kier molecular flexibility index (Phi) is 7.00. The van der Waals surface area contributed by atoms with Crippen molar-refractivity contribution in [2.45, 2.75) is 25.4 Å². The van der Waals surface area contributed by atoms with E-state index in [0.717, 1.165) is 50.3 Å². The van der Waals surface area contributed by atoms with E-state index in [9.17, 15) is 9.90 Å². The molecule has 6 rings (SSSR count). The van der Waals surface area contributed by atoms with E-state index in [1.807, 2.05) is 60.1 Å². The van der Waals surface area contributed by atoms with Gasteiger partial charge in [0.25, 0.3) is 5.91 Å². The maximum Gasteiger partial charge on any atom is 0.253 e. The molecule has 3 aromatic heterocycles. The van der Waals surface area contributed by atoms with Gasteiger partial charge in [0, 0.05) is 29.2 Å². The standard InChI is InChI=1S/C31H31N3O5S/c1-37-25-14-18-10-11-34-24(27(18)30(39-3)29(25)38-2)15-22(28(34)26-9-6-12-40-26)31(36)33-20(17-35)13-19-16-32-23-8-5-4-7-21(19)23/h4-9,12,14-16,20,32,35H,10-11,13,17H2,1-3H3,(H,33,36). The van der Waals surface area contributed by atoms with Crippen LogP contribution in [0.5, 0.6) is 17.2 Å². The molecule has 1 amide bonds. The molecule has 1 unspecified atom stereocenters. The van der Waals surface area contributed by atoms with Crippen molar-refractivity contribution in [2.75, 3.05) is 27.9 Å². The molecule has 1 aliphatic heterocycles. The Bertz CT molecular complexity index is 1690. The number of aliphatic hydroxyl groups is 1. The summed E-state index contributed by atoms with van der Waals surface area (Å²) in [4.78, 5) is 18.2. The molecule has 0 radical (unpaired) electrons. The van der Waals surface area contributed by atoms with Gasteiger partial charge < -0.3 is 34.2 Å². The molecule has 0 aliphatic carbocycles. The van der Waals surface area contributed by atoms with Crippen LogP contribution in [-0.4, -0.2) is 54.5 Å². The summed E-state index contributed by atoms with van der Waals surface area (Å²) >= 11 is 1.59. The van der Waals surface area contributed by atoms with Gasteiger partial charge in [-0.2, -0.15) is 0 Å². The molecule has 206 valence electrons. The van der Waals surface area contributed by atoms with Gasteiger partial charge in [0.15, 0.2) is 11.5 Å². The molecule has 0 bridgehead atoms. The van der Waals surface area contributed by atoms with Crippen LogP contribution in [0.4, 0.5) is 0 Å². The minimum absolute atomic E-state index is 0.180. The van der Waals surface area contributed by atoms with Crippen LogP contribution in [0.1, 0.15) is 21.5 Å². The van der Waals surface area contributed by atoms with Gasteiger partial charge in [-0.3, -0.25) is 4.79 Å². The molecule has 1 aliphatic rings. The molecule has 1 atom stereocenters. The van der Waals surface area contributed by atoms with Gasteiger partial charge in [-0.1, -0.05) is 24.3 Å².